The van der Waals surface area contributed by atoms with E-state index in [1.165, 1.54) is 0 Å². The van der Waals surface area contributed by atoms with Gasteiger partial charge in [0.2, 0.25) is 5.91 Å². The Kier molecular flexibility index (Phi) is 5.13. The molecule has 1 aromatic carbocycles. The molecule has 0 fully saturated rings. The molecule has 1 unspecified atom stereocenters. The maximum absolute atomic E-state index is 12.3. The molecule has 3 rings (SSSR count). The number of rotatable bonds is 5. The van der Waals surface area contributed by atoms with Gasteiger partial charge >= 0.3 is 0 Å². The number of aromatic nitrogens is 3. The fraction of sp³-hybridized carbons (Fsp3) is 0.474. The van der Waals surface area contributed by atoms with Crippen LogP contribution in [-0.2, 0) is 24.2 Å². The van der Waals surface area contributed by atoms with Crippen LogP contribution < -0.4 is 5.32 Å². The normalized spacial score (nSPS) is 16.3. The number of aryl methyl sites for hydroxylation is 2. The minimum absolute atomic E-state index is 0.0666. The van der Waals surface area contributed by atoms with Gasteiger partial charge in [0.1, 0.15) is 11.6 Å². The van der Waals surface area contributed by atoms with Crippen molar-refractivity contribution < 1.29 is 4.79 Å². The lowest BCUT2D eigenvalue weighted by molar-refractivity contribution is -0.122. The molecule has 0 saturated carbocycles. The van der Waals surface area contributed by atoms with Gasteiger partial charge in [-0.1, -0.05) is 26.0 Å². The first-order valence-corrected chi connectivity index (χ1v) is 8.77. The van der Waals surface area contributed by atoms with Crippen LogP contribution in [0.25, 0.3) is 0 Å². The Morgan fingerprint density at radius 1 is 1.36 bits per heavy atom. The molecule has 2 aromatic rings. The van der Waals surface area contributed by atoms with Crippen LogP contribution in [0.3, 0.4) is 0 Å². The molecule has 0 radical (unpaired) electrons. The van der Waals surface area contributed by atoms with Crippen LogP contribution in [0.2, 0.25) is 0 Å². The van der Waals surface area contributed by atoms with Crippen LogP contribution >= 0.6 is 0 Å². The molecular weight excluding hydrogens is 314 g/mol. The molecule has 6 heteroatoms. The largest absolute Gasteiger partial charge is 0.352 e. The molecule has 0 spiro atoms. The second-order valence-electron chi connectivity index (χ2n) is 6.85. The third-order valence-corrected chi connectivity index (χ3v) is 4.58. The Bertz CT molecular complexity index is 785. The van der Waals surface area contributed by atoms with Gasteiger partial charge in [-0.2, -0.15) is 5.26 Å². The molecule has 1 aliphatic rings. The second kappa shape index (κ2) is 7.47. The summed E-state index contributed by atoms with van der Waals surface area (Å²) in [6.07, 6.45) is 2.88. The van der Waals surface area contributed by atoms with E-state index in [4.69, 9.17) is 5.26 Å². The predicted octanol–water partition coefficient (Wildman–Crippen LogP) is 2.34. The van der Waals surface area contributed by atoms with Crippen molar-refractivity contribution in [3.8, 4) is 6.07 Å². The highest BCUT2D eigenvalue weighted by atomic mass is 16.1. The third kappa shape index (κ3) is 4.05. The smallest absolute Gasteiger partial charge is 0.220 e. The summed E-state index contributed by atoms with van der Waals surface area (Å²) < 4.78 is 2.15. The van der Waals surface area contributed by atoms with Crippen molar-refractivity contribution in [2.45, 2.75) is 58.0 Å². The van der Waals surface area contributed by atoms with E-state index in [9.17, 15) is 4.79 Å². The number of nitrogens with zero attached hydrogens (tertiary/aromatic N) is 4. The maximum atomic E-state index is 12.3. The Morgan fingerprint density at radius 2 is 2.12 bits per heavy atom. The number of hydrogen-bond acceptors (Lipinski definition) is 4. The number of nitrogens with one attached hydrogen (secondary N) is 1. The zero-order valence-corrected chi connectivity index (χ0v) is 14.7. The summed E-state index contributed by atoms with van der Waals surface area (Å²) in [5.41, 5.74) is 1.71. The van der Waals surface area contributed by atoms with E-state index in [0.717, 1.165) is 36.6 Å². The number of hydrogen-bond donors (Lipinski definition) is 1. The summed E-state index contributed by atoms with van der Waals surface area (Å²) in [6, 6.07) is 9.62. The quantitative estimate of drug-likeness (QED) is 0.907. The lowest BCUT2D eigenvalue weighted by Crippen LogP contribution is -2.41. The van der Waals surface area contributed by atoms with Crippen LogP contribution in [-0.4, -0.2) is 26.7 Å². The summed E-state index contributed by atoms with van der Waals surface area (Å²) in [5.74, 6) is 2.40. The van der Waals surface area contributed by atoms with Gasteiger partial charge in [-0.05, 0) is 30.5 Å². The third-order valence-electron chi connectivity index (χ3n) is 4.58. The summed E-state index contributed by atoms with van der Waals surface area (Å²) in [6.45, 7) is 4.96. The number of amides is 1. The van der Waals surface area contributed by atoms with Crippen LogP contribution in [0, 0.1) is 11.3 Å². The Balaban J connectivity index is 1.53. The molecule has 1 amide bonds. The number of carbonyl (C=O) groups excluding carboxylic acids is 1. The molecular formula is C19H23N5O. The van der Waals surface area contributed by atoms with Crippen molar-refractivity contribution in [3.05, 3.63) is 47.0 Å². The molecule has 1 aromatic heterocycles. The zero-order chi connectivity index (χ0) is 17.8. The monoisotopic (exact) mass is 337 g/mol. The average Bonchev–Trinajstić information content (AvgIpc) is 3.04. The molecule has 1 aliphatic heterocycles. The van der Waals surface area contributed by atoms with Crippen molar-refractivity contribution in [1.82, 2.24) is 20.1 Å². The van der Waals surface area contributed by atoms with Gasteiger partial charge in [0.05, 0.1) is 11.6 Å². The second-order valence-corrected chi connectivity index (χ2v) is 6.85. The summed E-state index contributed by atoms with van der Waals surface area (Å²) in [5, 5.41) is 20.5. The molecule has 25 heavy (non-hydrogen) atoms. The lowest BCUT2D eigenvalue weighted by Gasteiger charge is -2.26. The van der Waals surface area contributed by atoms with Crippen molar-refractivity contribution in [1.29, 1.82) is 5.26 Å². The van der Waals surface area contributed by atoms with Gasteiger partial charge in [0.25, 0.3) is 0 Å². The fourth-order valence-corrected chi connectivity index (χ4v) is 3.20. The molecule has 6 nitrogen and oxygen atoms in total. The number of carbonyl (C=O) groups is 1. The van der Waals surface area contributed by atoms with Crippen LogP contribution in [0.4, 0.5) is 0 Å². The first-order chi connectivity index (χ1) is 12.1. The topological polar surface area (TPSA) is 83.6 Å². The van der Waals surface area contributed by atoms with Crippen molar-refractivity contribution in [3.63, 3.8) is 0 Å². The fourth-order valence-electron chi connectivity index (χ4n) is 3.20. The molecule has 0 saturated heterocycles. The first kappa shape index (κ1) is 17.2. The summed E-state index contributed by atoms with van der Waals surface area (Å²) >= 11 is 0. The summed E-state index contributed by atoms with van der Waals surface area (Å²) in [4.78, 5) is 12.3. The van der Waals surface area contributed by atoms with E-state index in [-0.39, 0.29) is 11.9 Å². The molecule has 0 bridgehead atoms. The zero-order valence-electron chi connectivity index (χ0n) is 14.7. The van der Waals surface area contributed by atoms with Gasteiger partial charge in [0.15, 0.2) is 0 Å². The van der Waals surface area contributed by atoms with Crippen LogP contribution in [0.1, 0.15) is 55.4 Å². The van der Waals surface area contributed by atoms with Crippen molar-refractivity contribution in [2.75, 3.05) is 0 Å². The van der Waals surface area contributed by atoms with Gasteiger partial charge in [-0.15, -0.1) is 10.2 Å². The number of fused-ring (bicyclic) bond motifs is 1. The van der Waals surface area contributed by atoms with E-state index in [1.807, 2.05) is 12.1 Å². The number of nitriles is 1. The predicted molar refractivity (Wildman–Crippen MR) is 93.8 cm³/mol. The molecule has 1 atom stereocenters. The highest BCUT2D eigenvalue weighted by Gasteiger charge is 2.24. The minimum Gasteiger partial charge on any atom is -0.352 e. The highest BCUT2D eigenvalue weighted by Crippen LogP contribution is 2.20. The standard InChI is InChI=1S/C19H23N5O/c1-13(2)19-23-22-17-9-8-16(12-24(17)19)21-18(25)10-7-14-3-5-15(11-20)6-4-14/h3-6,13,16H,7-10,12H2,1-2H3,(H,21,25). The van der Waals surface area contributed by atoms with Crippen molar-refractivity contribution in [2.24, 2.45) is 0 Å². The highest BCUT2D eigenvalue weighted by molar-refractivity contribution is 5.76. The van der Waals surface area contributed by atoms with E-state index in [0.29, 0.717) is 24.3 Å². The Hall–Kier alpha value is -2.68. The SMILES string of the molecule is CC(C)c1nnc2n1CC(NC(=O)CCc1ccc(C#N)cc1)CC2. The summed E-state index contributed by atoms with van der Waals surface area (Å²) in [7, 11) is 0. The van der Waals surface area contributed by atoms with E-state index < -0.39 is 0 Å². The molecule has 1 N–H and O–H groups in total. The maximum Gasteiger partial charge on any atom is 0.220 e. The Morgan fingerprint density at radius 3 is 2.80 bits per heavy atom. The minimum atomic E-state index is 0.0666. The number of benzene rings is 1. The van der Waals surface area contributed by atoms with Gasteiger partial charge in [-0.3, -0.25) is 4.79 Å². The first-order valence-electron chi connectivity index (χ1n) is 8.77. The van der Waals surface area contributed by atoms with Gasteiger partial charge in [0, 0.05) is 31.3 Å². The van der Waals surface area contributed by atoms with Crippen LogP contribution in [0.5, 0.6) is 0 Å². The molecule has 130 valence electrons. The Labute approximate surface area is 147 Å². The van der Waals surface area contributed by atoms with Crippen molar-refractivity contribution >= 4 is 5.91 Å². The lowest BCUT2D eigenvalue weighted by atomic mass is 10.0. The molecule has 0 aliphatic carbocycles. The average molecular weight is 337 g/mol. The van der Waals surface area contributed by atoms with Crippen LogP contribution in [0.15, 0.2) is 24.3 Å². The van der Waals surface area contributed by atoms with Gasteiger partial charge < -0.3 is 9.88 Å². The van der Waals surface area contributed by atoms with E-state index >= 15 is 0 Å². The van der Waals surface area contributed by atoms with Gasteiger partial charge in [-0.25, -0.2) is 0 Å². The van der Waals surface area contributed by atoms with E-state index in [1.54, 1.807) is 12.1 Å². The van der Waals surface area contributed by atoms with E-state index in [2.05, 4.69) is 40.0 Å². The molecule has 2 heterocycles.